The SMILES string of the molecule is Cc1nc(N2CCC(NC(=O)c3[nH]c(C)c(Cl)c3Cl)C(C)C2)sc1C(=O)O. The Morgan fingerprint density at radius 3 is 2.56 bits per heavy atom. The van der Waals surface area contributed by atoms with Gasteiger partial charge in [-0.25, -0.2) is 9.78 Å². The Morgan fingerprint density at radius 1 is 1.33 bits per heavy atom. The summed E-state index contributed by atoms with van der Waals surface area (Å²) in [4.78, 5) is 33.4. The molecule has 3 N–H and O–H groups in total. The van der Waals surface area contributed by atoms with Crippen LogP contribution < -0.4 is 10.2 Å². The molecular weight excluding hydrogens is 411 g/mol. The topological polar surface area (TPSA) is 98.3 Å². The zero-order chi connectivity index (χ0) is 19.9. The average Bonchev–Trinajstić information content (AvgIpc) is 3.12. The molecule has 0 bridgehead atoms. The van der Waals surface area contributed by atoms with Crippen LogP contribution in [0.2, 0.25) is 10.0 Å². The Balaban J connectivity index is 1.66. The van der Waals surface area contributed by atoms with Crippen molar-refractivity contribution in [3.8, 4) is 0 Å². The number of hydrogen-bond donors (Lipinski definition) is 3. The summed E-state index contributed by atoms with van der Waals surface area (Å²) < 4.78 is 0. The van der Waals surface area contributed by atoms with Gasteiger partial charge in [0.15, 0.2) is 5.13 Å². The molecule has 2 unspecified atom stereocenters. The molecule has 1 fully saturated rings. The van der Waals surface area contributed by atoms with Crippen LogP contribution in [0.25, 0.3) is 0 Å². The number of carbonyl (C=O) groups excluding carboxylic acids is 1. The number of anilines is 1. The van der Waals surface area contributed by atoms with Crippen molar-refractivity contribution >= 4 is 51.5 Å². The third-order valence-corrected chi connectivity index (χ3v) is 6.91. The number of halogens is 2. The molecule has 2 atom stereocenters. The Hall–Kier alpha value is -1.77. The predicted octanol–water partition coefficient (Wildman–Crippen LogP) is 3.74. The lowest BCUT2D eigenvalue weighted by Crippen LogP contribution is -2.50. The number of nitrogens with one attached hydrogen (secondary N) is 2. The van der Waals surface area contributed by atoms with Crippen molar-refractivity contribution in [1.29, 1.82) is 0 Å². The van der Waals surface area contributed by atoms with Crippen LogP contribution in [0, 0.1) is 19.8 Å². The van der Waals surface area contributed by atoms with Gasteiger partial charge in [-0.05, 0) is 26.2 Å². The summed E-state index contributed by atoms with van der Waals surface area (Å²) in [5.74, 6) is -1.08. The van der Waals surface area contributed by atoms with Gasteiger partial charge in [-0.3, -0.25) is 4.79 Å². The Bertz CT molecular complexity index is 895. The normalized spacial score (nSPS) is 20.0. The lowest BCUT2D eigenvalue weighted by molar-refractivity contribution is 0.0700. The zero-order valence-electron chi connectivity index (χ0n) is 15.1. The van der Waals surface area contributed by atoms with Gasteiger partial charge >= 0.3 is 5.97 Å². The number of aromatic carboxylic acids is 1. The number of carboxylic acids is 1. The van der Waals surface area contributed by atoms with Gasteiger partial charge in [0.1, 0.15) is 10.6 Å². The van der Waals surface area contributed by atoms with E-state index in [2.05, 4.69) is 20.2 Å². The van der Waals surface area contributed by atoms with E-state index in [0.717, 1.165) is 6.42 Å². The van der Waals surface area contributed by atoms with Crippen LogP contribution in [-0.2, 0) is 0 Å². The summed E-state index contributed by atoms with van der Waals surface area (Å²) in [6.45, 7) is 6.86. The van der Waals surface area contributed by atoms with Crippen LogP contribution in [0.3, 0.4) is 0 Å². The molecule has 146 valence electrons. The van der Waals surface area contributed by atoms with Crippen molar-refractivity contribution < 1.29 is 14.7 Å². The summed E-state index contributed by atoms with van der Waals surface area (Å²) in [7, 11) is 0. The number of nitrogens with zero attached hydrogens (tertiary/aromatic N) is 2. The quantitative estimate of drug-likeness (QED) is 0.685. The van der Waals surface area contributed by atoms with Crippen LogP contribution in [0.15, 0.2) is 0 Å². The summed E-state index contributed by atoms with van der Waals surface area (Å²) in [6.07, 6.45) is 0.721. The van der Waals surface area contributed by atoms with Gasteiger partial charge in [0.2, 0.25) is 0 Å². The van der Waals surface area contributed by atoms with E-state index in [9.17, 15) is 14.7 Å². The number of hydrogen-bond acceptors (Lipinski definition) is 5. The molecule has 1 aliphatic heterocycles. The van der Waals surface area contributed by atoms with Crippen LogP contribution in [0.4, 0.5) is 5.13 Å². The molecule has 2 aromatic heterocycles. The van der Waals surface area contributed by atoms with Crippen LogP contribution in [0.5, 0.6) is 0 Å². The highest BCUT2D eigenvalue weighted by Gasteiger charge is 2.31. The summed E-state index contributed by atoms with van der Waals surface area (Å²) in [5, 5.41) is 13.5. The molecule has 7 nitrogen and oxygen atoms in total. The predicted molar refractivity (Wildman–Crippen MR) is 107 cm³/mol. The van der Waals surface area contributed by atoms with Crippen molar-refractivity contribution in [3.05, 3.63) is 32.0 Å². The van der Waals surface area contributed by atoms with Crippen LogP contribution >= 0.6 is 34.5 Å². The molecule has 0 saturated carbocycles. The summed E-state index contributed by atoms with van der Waals surface area (Å²) in [5.41, 5.74) is 1.46. The molecule has 0 radical (unpaired) electrons. The zero-order valence-corrected chi connectivity index (χ0v) is 17.4. The molecule has 2 aromatic rings. The Kier molecular flexibility index (Phi) is 5.69. The highest BCUT2D eigenvalue weighted by molar-refractivity contribution is 7.17. The van der Waals surface area contributed by atoms with Crippen LogP contribution in [-0.4, -0.2) is 46.1 Å². The number of piperidine rings is 1. The molecule has 1 saturated heterocycles. The minimum atomic E-state index is -0.955. The van der Waals surface area contributed by atoms with Crippen LogP contribution in [0.1, 0.15) is 44.9 Å². The van der Waals surface area contributed by atoms with Gasteiger partial charge in [0.05, 0.1) is 15.7 Å². The molecule has 10 heteroatoms. The molecule has 0 aliphatic carbocycles. The fourth-order valence-electron chi connectivity index (χ4n) is 3.22. The maximum Gasteiger partial charge on any atom is 0.347 e. The van der Waals surface area contributed by atoms with E-state index < -0.39 is 5.97 Å². The molecule has 3 heterocycles. The summed E-state index contributed by atoms with van der Waals surface area (Å²) >= 11 is 13.3. The van der Waals surface area contributed by atoms with E-state index in [1.165, 1.54) is 11.3 Å². The first kappa shape index (κ1) is 20.0. The van der Waals surface area contributed by atoms with E-state index in [1.807, 2.05) is 6.92 Å². The lowest BCUT2D eigenvalue weighted by atomic mass is 9.94. The molecule has 0 aromatic carbocycles. The molecule has 1 aliphatic rings. The van der Waals surface area contributed by atoms with Crippen molar-refractivity contribution in [2.45, 2.75) is 33.2 Å². The number of aromatic nitrogens is 2. The number of thiazole rings is 1. The number of carbonyl (C=O) groups is 2. The van der Waals surface area contributed by atoms with Gasteiger partial charge in [-0.2, -0.15) is 0 Å². The first-order chi connectivity index (χ1) is 12.7. The number of aryl methyl sites for hydroxylation is 2. The first-order valence-electron chi connectivity index (χ1n) is 8.49. The van der Waals surface area contributed by atoms with E-state index in [0.29, 0.717) is 34.6 Å². The number of carboxylic acid groups (broad SMARTS) is 1. The summed E-state index contributed by atoms with van der Waals surface area (Å²) in [6, 6.07) is -0.0211. The maximum atomic E-state index is 12.5. The molecule has 3 rings (SSSR count). The van der Waals surface area contributed by atoms with Gasteiger partial charge in [0, 0.05) is 24.8 Å². The monoisotopic (exact) mass is 430 g/mol. The molecule has 1 amide bonds. The van der Waals surface area contributed by atoms with Gasteiger partial charge in [-0.15, -0.1) is 0 Å². The fourth-order valence-corrected chi connectivity index (χ4v) is 4.58. The van der Waals surface area contributed by atoms with Crippen molar-refractivity contribution in [1.82, 2.24) is 15.3 Å². The minimum Gasteiger partial charge on any atom is -0.477 e. The fraction of sp³-hybridized carbons (Fsp3) is 0.471. The maximum absolute atomic E-state index is 12.5. The van der Waals surface area contributed by atoms with Crippen molar-refractivity contribution in [2.75, 3.05) is 18.0 Å². The minimum absolute atomic E-state index is 0.0211. The second-order valence-electron chi connectivity index (χ2n) is 6.76. The average molecular weight is 431 g/mol. The second kappa shape index (κ2) is 7.69. The molecule has 0 spiro atoms. The first-order valence-corrected chi connectivity index (χ1v) is 10.1. The molecular formula is C17H20Cl2N4O3S. The lowest BCUT2D eigenvalue weighted by Gasteiger charge is -2.37. The third-order valence-electron chi connectivity index (χ3n) is 4.75. The van der Waals surface area contributed by atoms with Crippen molar-refractivity contribution in [3.63, 3.8) is 0 Å². The smallest absolute Gasteiger partial charge is 0.347 e. The van der Waals surface area contributed by atoms with E-state index in [4.69, 9.17) is 23.2 Å². The Labute approximate surface area is 170 Å². The standard InChI is InChI=1S/C17H20Cl2N4O3S/c1-7-6-23(17-21-9(3)14(27-17)16(25)26)5-4-10(7)22-15(24)13-12(19)11(18)8(2)20-13/h7,10,20H,4-6H2,1-3H3,(H,22,24)(H,25,26). The number of aromatic amines is 1. The van der Waals surface area contributed by atoms with Gasteiger partial charge < -0.3 is 20.3 Å². The third kappa shape index (κ3) is 3.93. The molecule has 27 heavy (non-hydrogen) atoms. The van der Waals surface area contributed by atoms with E-state index in [-0.39, 0.29) is 33.5 Å². The number of amides is 1. The Morgan fingerprint density at radius 2 is 2.04 bits per heavy atom. The van der Waals surface area contributed by atoms with Crippen molar-refractivity contribution in [2.24, 2.45) is 5.92 Å². The van der Waals surface area contributed by atoms with Gasteiger partial charge in [-0.1, -0.05) is 41.5 Å². The highest BCUT2D eigenvalue weighted by Crippen LogP contribution is 2.31. The van der Waals surface area contributed by atoms with E-state index >= 15 is 0 Å². The highest BCUT2D eigenvalue weighted by atomic mass is 35.5. The second-order valence-corrected chi connectivity index (χ2v) is 8.49. The number of rotatable bonds is 4. The van der Waals surface area contributed by atoms with E-state index in [1.54, 1.807) is 13.8 Å². The van der Waals surface area contributed by atoms with Gasteiger partial charge in [0.25, 0.3) is 5.91 Å². The largest absolute Gasteiger partial charge is 0.477 e. The number of H-pyrrole nitrogens is 1.